The molecule has 2 aromatic rings. The Morgan fingerprint density at radius 1 is 1.33 bits per heavy atom. The van der Waals surface area contributed by atoms with Crippen molar-refractivity contribution < 1.29 is 14.3 Å². The van der Waals surface area contributed by atoms with Crippen LogP contribution in [0.4, 0.5) is 4.79 Å². The third-order valence-corrected chi connectivity index (χ3v) is 4.43. The van der Waals surface area contributed by atoms with E-state index in [2.05, 4.69) is 10.6 Å². The molecule has 2 atom stereocenters. The second-order valence-corrected chi connectivity index (χ2v) is 6.15. The van der Waals surface area contributed by atoms with E-state index in [1.165, 1.54) is 0 Å². The number of rotatable bonds is 6. The van der Waals surface area contributed by atoms with Crippen LogP contribution in [0, 0.1) is 11.3 Å². The molecule has 0 saturated carbocycles. The number of alkyl carbamates (subject to hydrolysis) is 1. The summed E-state index contributed by atoms with van der Waals surface area (Å²) in [6.45, 7) is 3.49. The van der Waals surface area contributed by atoms with Crippen LogP contribution in [0.3, 0.4) is 0 Å². The van der Waals surface area contributed by atoms with Crippen LogP contribution < -0.4 is 10.6 Å². The maximum Gasteiger partial charge on any atom is 0.407 e. The fourth-order valence-corrected chi connectivity index (χ4v) is 3.26. The number of hydrogen-bond acceptors (Lipinski definition) is 5. The highest BCUT2D eigenvalue weighted by Crippen LogP contribution is 2.26. The lowest BCUT2D eigenvalue weighted by Gasteiger charge is -2.18. The van der Waals surface area contributed by atoms with Crippen molar-refractivity contribution in [3.63, 3.8) is 0 Å². The fraction of sp³-hybridized carbons (Fsp3) is 0.353. The number of amides is 2. The number of thiophene rings is 1. The van der Waals surface area contributed by atoms with Crippen LogP contribution in [-0.4, -0.2) is 30.7 Å². The van der Waals surface area contributed by atoms with Crippen molar-refractivity contribution >= 4 is 33.4 Å². The van der Waals surface area contributed by atoms with Gasteiger partial charge in [0.05, 0.1) is 12.7 Å². The summed E-state index contributed by atoms with van der Waals surface area (Å²) < 4.78 is 5.99. The standard InChI is InChI=1S/C17H19N3O3S/c1-3-23-17(22)20-14(16(21)19-11(2)9-18)8-12-10-24-15-7-5-4-6-13(12)15/h4-7,10-11,14H,3,8H2,1-2H3,(H,19,21)(H,20,22). The van der Waals surface area contributed by atoms with E-state index in [1.54, 1.807) is 25.2 Å². The van der Waals surface area contributed by atoms with Crippen LogP contribution in [0.2, 0.25) is 0 Å². The van der Waals surface area contributed by atoms with Gasteiger partial charge in [-0.15, -0.1) is 11.3 Å². The van der Waals surface area contributed by atoms with E-state index in [1.807, 2.05) is 35.7 Å². The van der Waals surface area contributed by atoms with Crippen molar-refractivity contribution in [3.8, 4) is 6.07 Å². The molecule has 2 rings (SSSR count). The van der Waals surface area contributed by atoms with Gasteiger partial charge in [0.2, 0.25) is 5.91 Å². The molecule has 2 unspecified atom stereocenters. The molecule has 6 nitrogen and oxygen atoms in total. The third kappa shape index (κ3) is 4.46. The summed E-state index contributed by atoms with van der Waals surface area (Å²) in [7, 11) is 0. The molecule has 1 heterocycles. The number of carbonyl (C=O) groups is 2. The lowest BCUT2D eigenvalue weighted by molar-refractivity contribution is -0.123. The van der Waals surface area contributed by atoms with E-state index in [9.17, 15) is 9.59 Å². The van der Waals surface area contributed by atoms with Crippen LogP contribution in [0.1, 0.15) is 19.4 Å². The van der Waals surface area contributed by atoms with Crippen molar-refractivity contribution in [1.29, 1.82) is 5.26 Å². The number of fused-ring (bicyclic) bond motifs is 1. The minimum Gasteiger partial charge on any atom is -0.450 e. The maximum absolute atomic E-state index is 12.4. The smallest absolute Gasteiger partial charge is 0.407 e. The molecule has 0 spiro atoms. The maximum atomic E-state index is 12.4. The Morgan fingerprint density at radius 2 is 2.08 bits per heavy atom. The molecule has 1 aromatic carbocycles. The van der Waals surface area contributed by atoms with Gasteiger partial charge in [0.25, 0.3) is 0 Å². The van der Waals surface area contributed by atoms with E-state index in [0.717, 1.165) is 15.6 Å². The minimum atomic E-state index is -0.808. The summed E-state index contributed by atoms with van der Waals surface area (Å²) in [4.78, 5) is 24.1. The average Bonchev–Trinajstić information content (AvgIpc) is 2.97. The fourth-order valence-electron chi connectivity index (χ4n) is 2.28. The molecule has 126 valence electrons. The SMILES string of the molecule is CCOC(=O)NC(Cc1csc2ccccc12)C(=O)NC(C)C#N. The van der Waals surface area contributed by atoms with Gasteiger partial charge in [-0.25, -0.2) is 4.79 Å². The third-order valence-electron chi connectivity index (χ3n) is 3.42. The summed E-state index contributed by atoms with van der Waals surface area (Å²) in [6, 6.07) is 8.39. The Bertz CT molecular complexity index is 766. The van der Waals surface area contributed by atoms with Gasteiger partial charge in [0.15, 0.2) is 0 Å². The van der Waals surface area contributed by atoms with Crippen LogP contribution in [-0.2, 0) is 16.0 Å². The molecule has 2 amide bonds. The Labute approximate surface area is 144 Å². The van der Waals surface area contributed by atoms with Crippen molar-refractivity contribution in [2.45, 2.75) is 32.4 Å². The van der Waals surface area contributed by atoms with Crippen molar-refractivity contribution in [2.75, 3.05) is 6.61 Å². The molecule has 0 aliphatic rings. The van der Waals surface area contributed by atoms with Crippen LogP contribution in [0.25, 0.3) is 10.1 Å². The second-order valence-electron chi connectivity index (χ2n) is 5.24. The highest BCUT2D eigenvalue weighted by atomic mass is 32.1. The molecule has 0 aliphatic heterocycles. The second kappa shape index (κ2) is 8.31. The Morgan fingerprint density at radius 3 is 2.79 bits per heavy atom. The van der Waals surface area contributed by atoms with Gasteiger partial charge < -0.3 is 15.4 Å². The summed E-state index contributed by atoms with van der Waals surface area (Å²) >= 11 is 1.59. The topological polar surface area (TPSA) is 91.2 Å². The highest BCUT2D eigenvalue weighted by Gasteiger charge is 2.24. The highest BCUT2D eigenvalue weighted by molar-refractivity contribution is 7.17. The molecular formula is C17H19N3O3S. The van der Waals surface area contributed by atoms with Crippen molar-refractivity contribution in [3.05, 3.63) is 35.2 Å². The summed E-state index contributed by atoms with van der Waals surface area (Å²) in [5, 5.41) is 17.0. The summed E-state index contributed by atoms with van der Waals surface area (Å²) in [5.74, 6) is -0.410. The monoisotopic (exact) mass is 345 g/mol. The van der Waals surface area contributed by atoms with E-state index in [4.69, 9.17) is 10.00 Å². The van der Waals surface area contributed by atoms with Gasteiger partial charge in [0.1, 0.15) is 12.1 Å². The summed E-state index contributed by atoms with van der Waals surface area (Å²) in [5.41, 5.74) is 0.970. The largest absolute Gasteiger partial charge is 0.450 e. The molecule has 0 saturated heterocycles. The Kier molecular flexibility index (Phi) is 6.15. The van der Waals surface area contributed by atoms with Gasteiger partial charge in [0, 0.05) is 11.1 Å². The minimum absolute atomic E-state index is 0.218. The van der Waals surface area contributed by atoms with E-state index in [0.29, 0.717) is 6.42 Å². The first-order valence-electron chi connectivity index (χ1n) is 7.63. The zero-order valence-corrected chi connectivity index (χ0v) is 14.4. The predicted octanol–water partition coefficient (Wildman–Crippen LogP) is 2.59. The molecule has 0 fully saturated rings. The molecule has 0 radical (unpaired) electrons. The first-order valence-corrected chi connectivity index (χ1v) is 8.51. The number of ether oxygens (including phenoxy) is 1. The molecule has 1 aromatic heterocycles. The molecule has 0 bridgehead atoms. The molecule has 0 aliphatic carbocycles. The first-order chi connectivity index (χ1) is 11.5. The zero-order valence-electron chi connectivity index (χ0n) is 13.5. The van der Waals surface area contributed by atoms with Crippen LogP contribution in [0.15, 0.2) is 29.6 Å². The number of benzene rings is 1. The van der Waals surface area contributed by atoms with Crippen molar-refractivity contribution in [1.82, 2.24) is 10.6 Å². The number of nitrogens with one attached hydrogen (secondary N) is 2. The van der Waals surface area contributed by atoms with Gasteiger partial charge in [-0.2, -0.15) is 5.26 Å². The molecule has 24 heavy (non-hydrogen) atoms. The number of nitrogens with zero attached hydrogens (tertiary/aromatic N) is 1. The zero-order chi connectivity index (χ0) is 17.5. The Balaban J connectivity index is 2.20. The number of nitriles is 1. The Hall–Kier alpha value is -2.59. The normalized spacial score (nSPS) is 12.9. The van der Waals surface area contributed by atoms with E-state index < -0.39 is 24.1 Å². The van der Waals surface area contributed by atoms with Gasteiger partial charge in [-0.3, -0.25) is 4.79 Å². The lowest BCUT2D eigenvalue weighted by atomic mass is 10.0. The van der Waals surface area contributed by atoms with Gasteiger partial charge in [-0.05, 0) is 36.2 Å². The lowest BCUT2D eigenvalue weighted by Crippen LogP contribution is -2.50. The summed E-state index contributed by atoms with van der Waals surface area (Å²) in [6.07, 6.45) is -0.325. The molecule has 7 heteroatoms. The van der Waals surface area contributed by atoms with Crippen molar-refractivity contribution in [2.24, 2.45) is 0 Å². The van der Waals surface area contributed by atoms with Gasteiger partial charge in [-0.1, -0.05) is 18.2 Å². The van der Waals surface area contributed by atoms with Crippen LogP contribution in [0.5, 0.6) is 0 Å². The quantitative estimate of drug-likeness (QED) is 0.842. The number of hydrogen-bond donors (Lipinski definition) is 2. The van der Waals surface area contributed by atoms with E-state index >= 15 is 0 Å². The first kappa shape index (κ1) is 17.8. The van der Waals surface area contributed by atoms with Gasteiger partial charge >= 0.3 is 6.09 Å². The van der Waals surface area contributed by atoms with Crippen LogP contribution >= 0.6 is 11.3 Å². The predicted molar refractivity (Wildman–Crippen MR) is 92.7 cm³/mol. The number of carbonyl (C=O) groups excluding carboxylic acids is 2. The van der Waals surface area contributed by atoms with E-state index in [-0.39, 0.29) is 6.61 Å². The molecule has 2 N–H and O–H groups in total. The average molecular weight is 345 g/mol. The molecular weight excluding hydrogens is 326 g/mol.